The lowest BCUT2D eigenvalue weighted by atomic mass is 9.72. The van der Waals surface area contributed by atoms with E-state index in [4.69, 9.17) is 0 Å². The summed E-state index contributed by atoms with van der Waals surface area (Å²) in [6, 6.07) is 18.1. The lowest BCUT2D eigenvalue weighted by Gasteiger charge is -2.33. The predicted molar refractivity (Wildman–Crippen MR) is 112 cm³/mol. The van der Waals surface area contributed by atoms with Crippen molar-refractivity contribution < 1.29 is 0 Å². The summed E-state index contributed by atoms with van der Waals surface area (Å²) in [5, 5.41) is 9.30. The first kappa shape index (κ1) is 18.1. The molecule has 138 valence electrons. The van der Waals surface area contributed by atoms with Crippen LogP contribution in [0.2, 0.25) is 0 Å². The molecule has 28 heavy (non-hydrogen) atoms. The van der Waals surface area contributed by atoms with Crippen LogP contribution in [0, 0.1) is 23.2 Å². The fraction of sp³-hybridized carbons (Fsp3) is 0.240. The maximum Gasteiger partial charge on any atom is 0.0998 e. The van der Waals surface area contributed by atoms with Crippen molar-refractivity contribution in [3.05, 3.63) is 89.5 Å². The number of allylic oxidation sites excluding steroid dienone is 1. The summed E-state index contributed by atoms with van der Waals surface area (Å²) in [5.41, 5.74) is 6.02. The summed E-state index contributed by atoms with van der Waals surface area (Å²) in [6.07, 6.45) is 9.17. The molecule has 0 amide bonds. The van der Waals surface area contributed by atoms with E-state index in [0.29, 0.717) is 23.3 Å². The smallest absolute Gasteiger partial charge is 0.0998 e. The Morgan fingerprint density at radius 3 is 2.68 bits per heavy atom. The fourth-order valence-electron chi connectivity index (χ4n) is 4.02. The Morgan fingerprint density at radius 2 is 1.89 bits per heavy atom. The zero-order valence-electron chi connectivity index (χ0n) is 16.2. The van der Waals surface area contributed by atoms with Gasteiger partial charge in [-0.3, -0.25) is 9.97 Å². The highest BCUT2D eigenvalue weighted by Gasteiger charge is 2.30. The van der Waals surface area contributed by atoms with Crippen LogP contribution in [-0.4, -0.2) is 9.97 Å². The molecule has 3 aromatic rings. The summed E-state index contributed by atoms with van der Waals surface area (Å²) in [7, 11) is 0. The van der Waals surface area contributed by atoms with Crippen molar-refractivity contribution in [3.8, 4) is 17.2 Å². The Labute approximate surface area is 166 Å². The van der Waals surface area contributed by atoms with E-state index in [0.717, 1.165) is 23.2 Å². The first-order valence-electron chi connectivity index (χ1n) is 9.75. The van der Waals surface area contributed by atoms with Gasteiger partial charge in [0.2, 0.25) is 0 Å². The van der Waals surface area contributed by atoms with Crippen LogP contribution in [0.25, 0.3) is 17.2 Å². The Kier molecular flexibility index (Phi) is 5.04. The summed E-state index contributed by atoms with van der Waals surface area (Å²) in [5.74, 6) is 1.48. The molecule has 3 nitrogen and oxygen atoms in total. The Morgan fingerprint density at radius 1 is 1.04 bits per heavy atom. The van der Waals surface area contributed by atoms with E-state index in [1.54, 1.807) is 0 Å². The minimum absolute atomic E-state index is 0.306. The van der Waals surface area contributed by atoms with Crippen LogP contribution in [0.4, 0.5) is 0 Å². The van der Waals surface area contributed by atoms with Crippen LogP contribution in [0.3, 0.4) is 0 Å². The average Bonchev–Trinajstić information content (AvgIpc) is 2.74. The van der Waals surface area contributed by atoms with E-state index < -0.39 is 0 Å². The third-order valence-corrected chi connectivity index (χ3v) is 5.87. The molecule has 0 fully saturated rings. The standard InChI is InChI=1S/C25H23N3/c1-17-14-19-7-5-13-27-25(19)23(18(17)2)12-11-22-10-9-21(16-28-22)24-8-4-3-6-20(24)15-26/h3-13,16-18,23H,14H2,1-2H3/b12-11+/t17-,18+,23-/m0/s1. The van der Waals surface area contributed by atoms with Gasteiger partial charge in [0.25, 0.3) is 0 Å². The number of nitriles is 1. The van der Waals surface area contributed by atoms with Gasteiger partial charge in [0.05, 0.1) is 23.0 Å². The first-order chi connectivity index (χ1) is 13.7. The van der Waals surface area contributed by atoms with Crippen molar-refractivity contribution in [1.82, 2.24) is 9.97 Å². The molecule has 0 N–H and O–H groups in total. The number of fused-ring (bicyclic) bond motifs is 1. The fourth-order valence-corrected chi connectivity index (χ4v) is 4.02. The maximum atomic E-state index is 9.30. The van der Waals surface area contributed by atoms with E-state index in [-0.39, 0.29) is 0 Å². The van der Waals surface area contributed by atoms with E-state index in [2.05, 4.69) is 48.1 Å². The van der Waals surface area contributed by atoms with Gasteiger partial charge in [-0.05, 0) is 48.1 Å². The Bertz CT molecular complexity index is 1040. The third-order valence-electron chi connectivity index (χ3n) is 5.87. The van der Waals surface area contributed by atoms with E-state index in [1.807, 2.05) is 54.9 Å². The molecular weight excluding hydrogens is 342 g/mol. The number of nitrogens with zero attached hydrogens (tertiary/aromatic N) is 3. The van der Waals surface area contributed by atoms with Crippen LogP contribution in [0.15, 0.2) is 67.0 Å². The molecule has 1 aliphatic rings. The molecule has 3 atom stereocenters. The lowest BCUT2D eigenvalue weighted by Crippen LogP contribution is -2.25. The lowest BCUT2D eigenvalue weighted by molar-refractivity contribution is 0.327. The largest absolute Gasteiger partial charge is 0.260 e. The number of pyridine rings is 2. The highest BCUT2D eigenvalue weighted by atomic mass is 14.7. The van der Waals surface area contributed by atoms with Gasteiger partial charge in [0.15, 0.2) is 0 Å². The van der Waals surface area contributed by atoms with Gasteiger partial charge in [-0.2, -0.15) is 5.26 Å². The number of hydrogen-bond donors (Lipinski definition) is 0. The van der Waals surface area contributed by atoms with Gasteiger partial charge < -0.3 is 0 Å². The molecule has 0 aliphatic heterocycles. The van der Waals surface area contributed by atoms with Crippen molar-refractivity contribution in [2.75, 3.05) is 0 Å². The van der Waals surface area contributed by atoms with E-state index >= 15 is 0 Å². The SMILES string of the molecule is C[C@H]1[C@H](/C=C/c2ccc(-c3ccccc3C#N)cn2)c2ncccc2C[C@@H]1C. The summed E-state index contributed by atoms with van der Waals surface area (Å²) in [4.78, 5) is 9.27. The van der Waals surface area contributed by atoms with Crippen LogP contribution in [-0.2, 0) is 6.42 Å². The van der Waals surface area contributed by atoms with Crippen LogP contribution >= 0.6 is 0 Å². The van der Waals surface area contributed by atoms with Crippen molar-refractivity contribution in [2.24, 2.45) is 11.8 Å². The summed E-state index contributed by atoms with van der Waals surface area (Å²) >= 11 is 0. The van der Waals surface area contributed by atoms with Crippen molar-refractivity contribution in [2.45, 2.75) is 26.2 Å². The molecule has 2 aromatic heterocycles. The molecule has 0 bridgehead atoms. The van der Waals surface area contributed by atoms with Crippen LogP contribution in [0.5, 0.6) is 0 Å². The van der Waals surface area contributed by atoms with Crippen molar-refractivity contribution in [1.29, 1.82) is 5.26 Å². The second kappa shape index (κ2) is 7.78. The third kappa shape index (κ3) is 3.46. The average molecular weight is 365 g/mol. The molecular formula is C25H23N3. The highest BCUT2D eigenvalue weighted by Crippen LogP contribution is 2.39. The van der Waals surface area contributed by atoms with Gasteiger partial charge in [0, 0.05) is 29.4 Å². The normalized spacial score (nSPS) is 21.2. The number of hydrogen-bond acceptors (Lipinski definition) is 3. The summed E-state index contributed by atoms with van der Waals surface area (Å²) in [6.45, 7) is 4.63. The molecule has 0 saturated heterocycles. The zero-order chi connectivity index (χ0) is 19.5. The zero-order valence-corrected chi connectivity index (χ0v) is 16.2. The predicted octanol–water partition coefficient (Wildman–Crippen LogP) is 5.64. The van der Waals surface area contributed by atoms with Gasteiger partial charge in [0.1, 0.15) is 0 Å². The molecule has 3 heteroatoms. The molecule has 1 aromatic carbocycles. The van der Waals surface area contributed by atoms with Gasteiger partial charge >= 0.3 is 0 Å². The monoisotopic (exact) mass is 365 g/mol. The van der Waals surface area contributed by atoms with Crippen molar-refractivity contribution >= 4 is 6.08 Å². The molecule has 1 aliphatic carbocycles. The molecule has 0 unspecified atom stereocenters. The second-order valence-corrected chi connectivity index (χ2v) is 7.60. The molecule has 0 saturated carbocycles. The number of aromatic nitrogens is 2. The van der Waals surface area contributed by atoms with Crippen LogP contribution in [0.1, 0.15) is 42.3 Å². The van der Waals surface area contributed by atoms with Crippen LogP contribution < -0.4 is 0 Å². The quantitative estimate of drug-likeness (QED) is 0.603. The van der Waals surface area contributed by atoms with E-state index in [9.17, 15) is 5.26 Å². The number of rotatable bonds is 3. The number of benzene rings is 1. The first-order valence-corrected chi connectivity index (χ1v) is 9.75. The Balaban J connectivity index is 1.60. The minimum Gasteiger partial charge on any atom is -0.260 e. The molecule has 4 rings (SSSR count). The molecule has 0 spiro atoms. The maximum absolute atomic E-state index is 9.30. The van der Waals surface area contributed by atoms with E-state index in [1.165, 1.54) is 11.3 Å². The Hall–Kier alpha value is -3.25. The molecule has 2 heterocycles. The van der Waals surface area contributed by atoms with Gasteiger partial charge in [-0.15, -0.1) is 0 Å². The van der Waals surface area contributed by atoms with Crippen molar-refractivity contribution in [3.63, 3.8) is 0 Å². The highest BCUT2D eigenvalue weighted by molar-refractivity contribution is 5.70. The topological polar surface area (TPSA) is 49.6 Å². The summed E-state index contributed by atoms with van der Waals surface area (Å²) < 4.78 is 0. The molecule has 0 radical (unpaired) electrons. The van der Waals surface area contributed by atoms with Gasteiger partial charge in [-0.25, -0.2) is 0 Å². The van der Waals surface area contributed by atoms with Gasteiger partial charge in [-0.1, -0.05) is 50.3 Å². The minimum atomic E-state index is 0.306. The second-order valence-electron chi connectivity index (χ2n) is 7.60.